The molecule has 0 radical (unpaired) electrons. The van der Waals surface area contributed by atoms with Crippen LogP contribution in [0.5, 0.6) is 0 Å². The van der Waals surface area contributed by atoms with Crippen molar-refractivity contribution in [1.82, 2.24) is 0 Å². The Morgan fingerprint density at radius 3 is 2.90 bits per heavy atom. The fourth-order valence-corrected chi connectivity index (χ4v) is 1.89. The van der Waals surface area contributed by atoms with E-state index in [1.54, 1.807) is 11.3 Å². The molecule has 0 amide bonds. The zero-order chi connectivity index (χ0) is 7.40. The van der Waals surface area contributed by atoms with Crippen LogP contribution in [0.25, 0.3) is 0 Å². The first-order valence-electron chi connectivity index (χ1n) is 3.61. The average Bonchev–Trinajstić information content (AvgIpc) is 2.36. The summed E-state index contributed by atoms with van der Waals surface area (Å²) in [7, 11) is 1.97. The Labute approximate surface area is 66.1 Å². The van der Waals surface area contributed by atoms with Crippen LogP contribution in [0.2, 0.25) is 0 Å². The van der Waals surface area contributed by atoms with Gasteiger partial charge in [0.15, 0.2) is 0 Å². The highest BCUT2D eigenvalue weighted by Gasteiger charge is 1.98. The Morgan fingerprint density at radius 1 is 1.50 bits per heavy atom. The molecule has 0 saturated heterocycles. The molecule has 2 heteroatoms. The second-order valence-corrected chi connectivity index (χ2v) is 3.05. The number of nitrogens with one attached hydrogen (secondary N) is 1. The van der Waals surface area contributed by atoms with Crippen molar-refractivity contribution in [3.05, 3.63) is 16.3 Å². The Bertz CT molecular complexity index is 193. The van der Waals surface area contributed by atoms with Gasteiger partial charge in [-0.25, -0.2) is 0 Å². The standard InChI is InChI=1S/C8H13NS/c1-3-4-7-5-10-6-8(7)9-2/h5-6,9H,3-4H2,1-2H3. The molecular formula is C8H13NS. The van der Waals surface area contributed by atoms with Crippen LogP contribution in [0.4, 0.5) is 5.69 Å². The molecule has 1 rings (SSSR count). The third-order valence-electron chi connectivity index (χ3n) is 1.53. The predicted octanol–water partition coefficient (Wildman–Crippen LogP) is 2.74. The van der Waals surface area contributed by atoms with Crippen molar-refractivity contribution in [1.29, 1.82) is 0 Å². The Morgan fingerprint density at radius 2 is 2.30 bits per heavy atom. The van der Waals surface area contributed by atoms with Crippen molar-refractivity contribution in [2.24, 2.45) is 0 Å². The summed E-state index contributed by atoms with van der Waals surface area (Å²) in [4.78, 5) is 0. The van der Waals surface area contributed by atoms with E-state index in [2.05, 4.69) is 23.0 Å². The van der Waals surface area contributed by atoms with Gasteiger partial charge < -0.3 is 5.32 Å². The summed E-state index contributed by atoms with van der Waals surface area (Å²) in [6, 6.07) is 0. The van der Waals surface area contributed by atoms with Crippen molar-refractivity contribution >= 4 is 17.0 Å². The fourth-order valence-electron chi connectivity index (χ4n) is 1.01. The summed E-state index contributed by atoms with van der Waals surface area (Å²) in [5.41, 5.74) is 2.75. The molecule has 1 heterocycles. The molecule has 0 aliphatic heterocycles. The van der Waals surface area contributed by atoms with Crippen molar-refractivity contribution < 1.29 is 0 Å². The molecule has 0 atom stereocenters. The van der Waals surface area contributed by atoms with Crippen LogP contribution >= 0.6 is 11.3 Å². The third kappa shape index (κ3) is 1.51. The summed E-state index contributed by atoms with van der Waals surface area (Å²) in [5, 5.41) is 7.55. The van der Waals surface area contributed by atoms with Crippen molar-refractivity contribution in [3.8, 4) is 0 Å². The normalized spacial score (nSPS) is 9.80. The number of hydrogen-bond donors (Lipinski definition) is 1. The molecule has 56 valence electrons. The molecule has 0 bridgehead atoms. The van der Waals surface area contributed by atoms with Gasteiger partial charge in [0.25, 0.3) is 0 Å². The van der Waals surface area contributed by atoms with Gasteiger partial charge in [0.1, 0.15) is 0 Å². The molecule has 10 heavy (non-hydrogen) atoms. The molecule has 0 aliphatic rings. The van der Waals surface area contributed by atoms with Gasteiger partial charge in [-0.2, -0.15) is 0 Å². The maximum Gasteiger partial charge on any atom is 0.0478 e. The van der Waals surface area contributed by atoms with Gasteiger partial charge in [-0.15, -0.1) is 11.3 Å². The van der Waals surface area contributed by atoms with Crippen molar-refractivity contribution in [2.45, 2.75) is 19.8 Å². The highest BCUT2D eigenvalue weighted by molar-refractivity contribution is 7.08. The van der Waals surface area contributed by atoms with Crippen molar-refractivity contribution in [2.75, 3.05) is 12.4 Å². The van der Waals surface area contributed by atoms with Crippen LogP contribution < -0.4 is 5.32 Å². The van der Waals surface area contributed by atoms with E-state index in [9.17, 15) is 0 Å². The molecule has 1 N–H and O–H groups in total. The highest BCUT2D eigenvalue weighted by Crippen LogP contribution is 2.21. The second-order valence-electron chi connectivity index (χ2n) is 2.31. The van der Waals surface area contributed by atoms with E-state index in [1.807, 2.05) is 7.05 Å². The molecule has 1 aromatic heterocycles. The number of hydrogen-bond acceptors (Lipinski definition) is 2. The minimum atomic E-state index is 1.19. The minimum Gasteiger partial charge on any atom is -0.387 e. The monoisotopic (exact) mass is 155 g/mol. The number of thiophene rings is 1. The van der Waals surface area contributed by atoms with Gasteiger partial charge >= 0.3 is 0 Å². The molecule has 1 aromatic rings. The summed E-state index contributed by atoms with van der Waals surface area (Å²) >= 11 is 1.77. The molecule has 0 spiro atoms. The fraction of sp³-hybridized carbons (Fsp3) is 0.500. The smallest absolute Gasteiger partial charge is 0.0478 e. The van der Waals surface area contributed by atoms with Crippen LogP contribution in [0.3, 0.4) is 0 Å². The first kappa shape index (κ1) is 7.61. The van der Waals surface area contributed by atoms with E-state index in [-0.39, 0.29) is 0 Å². The summed E-state index contributed by atoms with van der Waals surface area (Å²) in [5.74, 6) is 0. The van der Waals surface area contributed by atoms with E-state index >= 15 is 0 Å². The average molecular weight is 155 g/mol. The molecule has 0 saturated carbocycles. The van der Waals surface area contributed by atoms with E-state index < -0.39 is 0 Å². The summed E-state index contributed by atoms with van der Waals surface area (Å²) in [6.07, 6.45) is 2.42. The molecule has 0 aliphatic carbocycles. The number of anilines is 1. The molecule has 1 nitrogen and oxygen atoms in total. The van der Waals surface area contributed by atoms with Gasteiger partial charge in [0, 0.05) is 18.1 Å². The number of aryl methyl sites for hydroxylation is 1. The lowest BCUT2D eigenvalue weighted by atomic mass is 10.2. The van der Waals surface area contributed by atoms with Gasteiger partial charge in [-0.3, -0.25) is 0 Å². The van der Waals surface area contributed by atoms with E-state index in [0.717, 1.165) is 0 Å². The zero-order valence-corrected chi connectivity index (χ0v) is 7.29. The van der Waals surface area contributed by atoms with E-state index in [0.29, 0.717) is 0 Å². The second kappa shape index (κ2) is 3.62. The lowest BCUT2D eigenvalue weighted by Crippen LogP contribution is -1.90. The maximum absolute atomic E-state index is 3.17. The van der Waals surface area contributed by atoms with Gasteiger partial charge in [-0.05, 0) is 17.4 Å². The van der Waals surface area contributed by atoms with Crippen molar-refractivity contribution in [3.63, 3.8) is 0 Å². The van der Waals surface area contributed by atoms with E-state index in [4.69, 9.17) is 0 Å². The molecule has 0 fully saturated rings. The summed E-state index contributed by atoms with van der Waals surface area (Å²) < 4.78 is 0. The third-order valence-corrected chi connectivity index (χ3v) is 2.32. The summed E-state index contributed by atoms with van der Waals surface area (Å²) in [6.45, 7) is 2.21. The Kier molecular flexibility index (Phi) is 2.75. The zero-order valence-electron chi connectivity index (χ0n) is 6.48. The first-order chi connectivity index (χ1) is 4.88. The van der Waals surface area contributed by atoms with Crippen LogP contribution in [0, 0.1) is 0 Å². The lowest BCUT2D eigenvalue weighted by Gasteiger charge is -1.99. The Hall–Kier alpha value is -0.500. The highest BCUT2D eigenvalue weighted by atomic mass is 32.1. The van der Waals surface area contributed by atoms with Crippen LogP contribution in [0.15, 0.2) is 10.8 Å². The molecule has 0 unspecified atom stereocenters. The van der Waals surface area contributed by atoms with Crippen LogP contribution in [-0.2, 0) is 6.42 Å². The minimum absolute atomic E-state index is 1.19. The first-order valence-corrected chi connectivity index (χ1v) is 4.55. The molecular weight excluding hydrogens is 142 g/mol. The van der Waals surface area contributed by atoms with Crippen LogP contribution in [-0.4, -0.2) is 7.05 Å². The van der Waals surface area contributed by atoms with Gasteiger partial charge in [-0.1, -0.05) is 13.3 Å². The quantitative estimate of drug-likeness (QED) is 0.707. The van der Waals surface area contributed by atoms with E-state index in [1.165, 1.54) is 24.1 Å². The predicted molar refractivity (Wildman–Crippen MR) is 47.9 cm³/mol. The molecule has 0 aromatic carbocycles. The maximum atomic E-state index is 3.17. The lowest BCUT2D eigenvalue weighted by molar-refractivity contribution is 0.927. The SMILES string of the molecule is CCCc1cscc1NC. The van der Waals surface area contributed by atoms with Crippen LogP contribution in [0.1, 0.15) is 18.9 Å². The van der Waals surface area contributed by atoms with Gasteiger partial charge in [0.05, 0.1) is 0 Å². The Balaban J connectivity index is 2.70. The number of rotatable bonds is 3. The largest absolute Gasteiger partial charge is 0.387 e. The topological polar surface area (TPSA) is 12.0 Å². The van der Waals surface area contributed by atoms with Gasteiger partial charge in [0.2, 0.25) is 0 Å².